The highest BCUT2D eigenvalue weighted by Crippen LogP contribution is 2.39. The van der Waals surface area contributed by atoms with E-state index in [1.807, 2.05) is 38.9 Å². The predicted octanol–water partition coefficient (Wildman–Crippen LogP) is 4.36. The molecule has 5 heteroatoms. The van der Waals surface area contributed by atoms with Crippen molar-refractivity contribution in [2.45, 2.75) is 44.8 Å². The fourth-order valence-corrected chi connectivity index (χ4v) is 3.04. The van der Waals surface area contributed by atoms with Gasteiger partial charge in [-0.1, -0.05) is 19.9 Å². The first-order chi connectivity index (χ1) is 10.2. The van der Waals surface area contributed by atoms with Crippen LogP contribution < -0.4 is 4.90 Å². The molecule has 124 valence electrons. The maximum atomic E-state index is 13.4. The maximum absolute atomic E-state index is 13.4. The van der Waals surface area contributed by atoms with E-state index in [2.05, 4.69) is 4.90 Å². The smallest absolute Gasteiger partial charge is 0.371 e. The van der Waals surface area contributed by atoms with E-state index in [1.165, 1.54) is 6.07 Å². The molecular formula is C17H25F3N2. The van der Waals surface area contributed by atoms with Crippen LogP contribution in [0, 0.1) is 0 Å². The highest BCUT2D eigenvalue weighted by Gasteiger charge is 2.36. The first kappa shape index (κ1) is 17.1. The van der Waals surface area contributed by atoms with Crippen molar-refractivity contribution in [3.05, 3.63) is 29.3 Å². The van der Waals surface area contributed by atoms with E-state index in [9.17, 15) is 13.2 Å². The monoisotopic (exact) mass is 314 g/mol. The number of nitrogens with zero attached hydrogens (tertiary/aromatic N) is 2. The zero-order valence-corrected chi connectivity index (χ0v) is 13.7. The van der Waals surface area contributed by atoms with E-state index in [0.717, 1.165) is 18.4 Å². The lowest BCUT2D eigenvalue weighted by Crippen LogP contribution is -2.42. The molecule has 22 heavy (non-hydrogen) atoms. The van der Waals surface area contributed by atoms with Crippen LogP contribution in [0.4, 0.5) is 18.9 Å². The molecular weight excluding hydrogens is 289 g/mol. The molecule has 1 aliphatic heterocycles. The average Bonchev–Trinajstić information content (AvgIpc) is 2.45. The third kappa shape index (κ3) is 3.75. The van der Waals surface area contributed by atoms with Crippen LogP contribution in [-0.4, -0.2) is 38.1 Å². The zero-order valence-electron chi connectivity index (χ0n) is 13.7. The minimum absolute atomic E-state index is 0.0922. The van der Waals surface area contributed by atoms with Crippen LogP contribution in [0.25, 0.3) is 0 Å². The third-order valence-corrected chi connectivity index (χ3v) is 4.53. The Kier molecular flexibility index (Phi) is 5.05. The van der Waals surface area contributed by atoms with Crippen LogP contribution >= 0.6 is 0 Å². The lowest BCUT2D eigenvalue weighted by atomic mass is 9.97. The van der Waals surface area contributed by atoms with Gasteiger partial charge in [0.15, 0.2) is 0 Å². The van der Waals surface area contributed by atoms with E-state index in [-0.39, 0.29) is 5.92 Å². The fourth-order valence-electron chi connectivity index (χ4n) is 3.04. The number of alkyl halides is 3. The summed E-state index contributed by atoms with van der Waals surface area (Å²) < 4.78 is 40.3. The van der Waals surface area contributed by atoms with Crippen molar-refractivity contribution < 1.29 is 13.2 Å². The summed E-state index contributed by atoms with van der Waals surface area (Å²) in [5.41, 5.74) is 0.565. The molecule has 0 unspecified atom stereocenters. The van der Waals surface area contributed by atoms with Crippen LogP contribution in [0.15, 0.2) is 18.2 Å². The number of hydrogen-bond acceptors (Lipinski definition) is 2. The van der Waals surface area contributed by atoms with Crippen molar-refractivity contribution >= 4 is 5.69 Å². The van der Waals surface area contributed by atoms with E-state index >= 15 is 0 Å². The number of halogens is 3. The maximum Gasteiger partial charge on any atom is 0.418 e. The average molecular weight is 314 g/mol. The van der Waals surface area contributed by atoms with Gasteiger partial charge in [-0.25, -0.2) is 0 Å². The van der Waals surface area contributed by atoms with Gasteiger partial charge < -0.3 is 9.80 Å². The molecule has 2 rings (SSSR count). The summed E-state index contributed by atoms with van der Waals surface area (Å²) in [7, 11) is 4.05. The minimum Gasteiger partial charge on any atom is -0.371 e. The van der Waals surface area contributed by atoms with Crippen LogP contribution in [0.5, 0.6) is 0 Å². The van der Waals surface area contributed by atoms with Gasteiger partial charge in [0.1, 0.15) is 0 Å². The number of piperidine rings is 1. The van der Waals surface area contributed by atoms with Crippen molar-refractivity contribution in [3.8, 4) is 0 Å². The second-order valence-electron chi connectivity index (χ2n) is 6.61. The van der Waals surface area contributed by atoms with Crippen LogP contribution in [-0.2, 0) is 6.18 Å². The Morgan fingerprint density at radius 3 is 2.18 bits per heavy atom. The van der Waals surface area contributed by atoms with Gasteiger partial charge in [-0.15, -0.1) is 0 Å². The van der Waals surface area contributed by atoms with Gasteiger partial charge in [0, 0.05) is 24.8 Å². The lowest BCUT2D eigenvalue weighted by molar-refractivity contribution is -0.137. The Labute approximate surface area is 130 Å². The predicted molar refractivity (Wildman–Crippen MR) is 84.5 cm³/mol. The van der Waals surface area contributed by atoms with E-state index < -0.39 is 11.7 Å². The molecule has 0 radical (unpaired) electrons. The summed E-state index contributed by atoms with van der Waals surface area (Å²) in [5.74, 6) is 0.0922. The molecule has 0 N–H and O–H groups in total. The summed E-state index contributed by atoms with van der Waals surface area (Å²) in [4.78, 5) is 4.04. The Bertz CT molecular complexity index is 501. The highest BCUT2D eigenvalue weighted by atomic mass is 19.4. The normalized spacial score (nSPS) is 17.6. The van der Waals surface area contributed by atoms with Gasteiger partial charge in [0.25, 0.3) is 0 Å². The van der Waals surface area contributed by atoms with Gasteiger partial charge in [-0.05, 0) is 50.6 Å². The molecule has 0 bridgehead atoms. The molecule has 0 saturated carbocycles. The molecule has 0 spiro atoms. The Balaban J connectivity index is 2.27. The summed E-state index contributed by atoms with van der Waals surface area (Å²) in [6, 6.07) is 5.25. The molecule has 0 atom stereocenters. The second-order valence-corrected chi connectivity index (χ2v) is 6.61. The fraction of sp³-hybridized carbons (Fsp3) is 0.647. The number of rotatable bonds is 3. The Morgan fingerprint density at radius 1 is 1.14 bits per heavy atom. The van der Waals surface area contributed by atoms with Crippen molar-refractivity contribution in [1.29, 1.82) is 0 Å². The largest absolute Gasteiger partial charge is 0.418 e. The quantitative estimate of drug-likeness (QED) is 0.818. The van der Waals surface area contributed by atoms with Crippen molar-refractivity contribution in [1.82, 2.24) is 4.90 Å². The van der Waals surface area contributed by atoms with Crippen molar-refractivity contribution in [2.24, 2.45) is 0 Å². The molecule has 2 nitrogen and oxygen atoms in total. The molecule has 1 aromatic carbocycles. The van der Waals surface area contributed by atoms with E-state index in [0.29, 0.717) is 24.8 Å². The summed E-state index contributed by atoms with van der Waals surface area (Å²) in [6.45, 7) is 5.18. The van der Waals surface area contributed by atoms with Crippen LogP contribution in [0.3, 0.4) is 0 Å². The van der Waals surface area contributed by atoms with Gasteiger partial charge in [-0.2, -0.15) is 13.2 Å². The molecule has 1 fully saturated rings. The molecule has 0 aromatic heterocycles. The van der Waals surface area contributed by atoms with E-state index in [4.69, 9.17) is 0 Å². The SMILES string of the molecule is CC(C)c1ccc(N2CCC(N(C)C)CC2)c(C(F)(F)F)c1. The molecule has 1 heterocycles. The molecule has 1 saturated heterocycles. The molecule has 1 aliphatic rings. The van der Waals surface area contributed by atoms with Gasteiger partial charge in [0.2, 0.25) is 0 Å². The van der Waals surface area contributed by atoms with Crippen LogP contribution in [0.2, 0.25) is 0 Å². The molecule has 1 aromatic rings. The summed E-state index contributed by atoms with van der Waals surface area (Å²) in [5, 5.41) is 0. The summed E-state index contributed by atoms with van der Waals surface area (Å²) in [6.07, 6.45) is -2.51. The van der Waals surface area contributed by atoms with Gasteiger partial charge >= 0.3 is 6.18 Å². The third-order valence-electron chi connectivity index (χ3n) is 4.53. The molecule has 0 amide bonds. The number of benzene rings is 1. The Hall–Kier alpha value is -1.23. The summed E-state index contributed by atoms with van der Waals surface area (Å²) >= 11 is 0. The first-order valence-electron chi connectivity index (χ1n) is 7.82. The van der Waals surface area contributed by atoms with Gasteiger partial charge in [0.05, 0.1) is 5.56 Å². The highest BCUT2D eigenvalue weighted by molar-refractivity contribution is 5.57. The Morgan fingerprint density at radius 2 is 1.73 bits per heavy atom. The first-order valence-corrected chi connectivity index (χ1v) is 7.82. The topological polar surface area (TPSA) is 6.48 Å². The number of anilines is 1. The second kappa shape index (κ2) is 6.49. The molecule has 0 aliphatic carbocycles. The minimum atomic E-state index is -4.31. The zero-order chi connectivity index (χ0) is 16.5. The number of hydrogen-bond donors (Lipinski definition) is 0. The standard InChI is InChI=1S/C17H25F3N2/c1-12(2)13-5-6-16(15(11-13)17(18,19)20)22-9-7-14(8-10-22)21(3)4/h5-6,11-12,14H,7-10H2,1-4H3. The van der Waals surface area contributed by atoms with Crippen LogP contribution in [0.1, 0.15) is 43.7 Å². The lowest BCUT2D eigenvalue weighted by Gasteiger charge is -2.37. The van der Waals surface area contributed by atoms with Gasteiger partial charge in [-0.3, -0.25) is 0 Å². The van der Waals surface area contributed by atoms with E-state index in [1.54, 1.807) is 6.07 Å². The van der Waals surface area contributed by atoms with Crippen molar-refractivity contribution in [2.75, 3.05) is 32.1 Å². The van der Waals surface area contributed by atoms with Crippen molar-refractivity contribution in [3.63, 3.8) is 0 Å².